The minimum atomic E-state index is 0.0740. The van der Waals surface area contributed by atoms with Crippen LogP contribution >= 0.6 is 0 Å². The average molecular weight is 625 g/mol. The SMILES string of the molecule is Cc1ccc2c(c1B(c1cccc(-c3c4ccccc4c(-c4ccccc4)c4ccccc34)c1)c1c(C)ccc3ccccc13)C=CCC2. The van der Waals surface area contributed by atoms with Gasteiger partial charge in [-0.15, -0.1) is 0 Å². The zero-order valence-electron chi connectivity index (χ0n) is 28.1. The molecule has 0 saturated carbocycles. The van der Waals surface area contributed by atoms with Gasteiger partial charge in [0.25, 0.3) is 0 Å². The molecule has 0 spiro atoms. The number of hydrogen-bond acceptors (Lipinski definition) is 0. The number of aryl methyl sites for hydroxylation is 3. The van der Waals surface area contributed by atoms with E-state index in [0.717, 1.165) is 12.8 Å². The first-order valence-corrected chi connectivity index (χ1v) is 17.5. The number of fused-ring (bicyclic) bond motifs is 4. The third kappa shape index (κ3) is 4.92. The molecule has 0 aromatic heterocycles. The van der Waals surface area contributed by atoms with Crippen LogP contribution in [-0.2, 0) is 6.42 Å². The van der Waals surface area contributed by atoms with Gasteiger partial charge < -0.3 is 0 Å². The van der Waals surface area contributed by atoms with Crippen molar-refractivity contribution in [1.29, 1.82) is 0 Å². The summed E-state index contributed by atoms with van der Waals surface area (Å²) >= 11 is 0. The van der Waals surface area contributed by atoms with Gasteiger partial charge in [0.2, 0.25) is 6.71 Å². The van der Waals surface area contributed by atoms with Crippen molar-refractivity contribution in [3.05, 3.63) is 180 Å². The largest absolute Gasteiger partial charge is 0.243 e. The molecular weight excluding hydrogens is 587 g/mol. The van der Waals surface area contributed by atoms with Crippen molar-refractivity contribution in [2.24, 2.45) is 0 Å². The molecule has 1 aliphatic carbocycles. The van der Waals surface area contributed by atoms with Crippen molar-refractivity contribution in [1.82, 2.24) is 0 Å². The van der Waals surface area contributed by atoms with Crippen LogP contribution in [0.15, 0.2) is 158 Å². The first-order chi connectivity index (χ1) is 24.2. The van der Waals surface area contributed by atoms with Crippen molar-refractivity contribution in [2.75, 3.05) is 0 Å². The number of allylic oxidation sites excluding steroid dienone is 1. The molecule has 0 saturated heterocycles. The topological polar surface area (TPSA) is 0 Å². The third-order valence-corrected chi connectivity index (χ3v) is 10.7. The second-order valence-corrected chi connectivity index (χ2v) is 13.6. The summed E-state index contributed by atoms with van der Waals surface area (Å²) in [7, 11) is 0. The molecular formula is C48H37B. The van der Waals surface area contributed by atoms with E-state index < -0.39 is 0 Å². The Balaban J connectivity index is 1.36. The van der Waals surface area contributed by atoms with Gasteiger partial charge in [-0.2, -0.15) is 0 Å². The van der Waals surface area contributed by atoms with E-state index in [1.54, 1.807) is 0 Å². The maximum atomic E-state index is 2.49. The fourth-order valence-corrected chi connectivity index (χ4v) is 8.52. The summed E-state index contributed by atoms with van der Waals surface area (Å²) in [5.74, 6) is 0. The molecule has 0 atom stereocenters. The van der Waals surface area contributed by atoms with Gasteiger partial charge in [-0.25, -0.2) is 0 Å². The highest BCUT2D eigenvalue weighted by Crippen LogP contribution is 2.43. The summed E-state index contributed by atoms with van der Waals surface area (Å²) in [5.41, 5.74) is 14.8. The molecule has 0 fully saturated rings. The molecule has 49 heavy (non-hydrogen) atoms. The highest BCUT2D eigenvalue weighted by Gasteiger charge is 2.30. The van der Waals surface area contributed by atoms with Gasteiger partial charge >= 0.3 is 0 Å². The minimum absolute atomic E-state index is 0.0740. The van der Waals surface area contributed by atoms with Gasteiger partial charge in [-0.1, -0.05) is 191 Å². The molecule has 0 radical (unpaired) electrons. The maximum absolute atomic E-state index is 2.49. The summed E-state index contributed by atoms with van der Waals surface area (Å²) in [4.78, 5) is 0. The quantitative estimate of drug-likeness (QED) is 0.132. The Bertz CT molecular complexity index is 2520. The molecule has 8 aromatic rings. The summed E-state index contributed by atoms with van der Waals surface area (Å²) in [6.45, 7) is 4.67. The first-order valence-electron chi connectivity index (χ1n) is 17.5. The Morgan fingerprint density at radius 3 is 1.76 bits per heavy atom. The van der Waals surface area contributed by atoms with E-state index in [4.69, 9.17) is 0 Å². The highest BCUT2D eigenvalue weighted by molar-refractivity contribution is 6.97. The minimum Gasteiger partial charge on any atom is -0.0836 e. The number of hydrogen-bond donors (Lipinski definition) is 0. The van der Waals surface area contributed by atoms with Gasteiger partial charge in [-0.3, -0.25) is 0 Å². The Morgan fingerprint density at radius 1 is 0.469 bits per heavy atom. The van der Waals surface area contributed by atoms with Crippen LogP contribution in [0.5, 0.6) is 0 Å². The summed E-state index contributed by atoms with van der Waals surface area (Å²) in [6, 6.07) is 56.5. The van der Waals surface area contributed by atoms with Crippen LogP contribution in [-0.4, -0.2) is 6.71 Å². The van der Waals surface area contributed by atoms with Gasteiger partial charge in [0.05, 0.1) is 0 Å². The second-order valence-electron chi connectivity index (χ2n) is 13.6. The van der Waals surface area contributed by atoms with E-state index in [0.29, 0.717) is 0 Å². The van der Waals surface area contributed by atoms with Gasteiger partial charge in [-0.05, 0) is 92.4 Å². The Hall–Kier alpha value is -5.66. The molecule has 1 heteroatoms. The monoisotopic (exact) mass is 624 g/mol. The predicted octanol–water partition coefficient (Wildman–Crippen LogP) is 10.6. The van der Waals surface area contributed by atoms with Crippen LogP contribution in [0, 0.1) is 13.8 Å². The van der Waals surface area contributed by atoms with Crippen molar-refractivity contribution in [3.8, 4) is 22.3 Å². The molecule has 0 unspecified atom stereocenters. The van der Waals surface area contributed by atoms with Crippen LogP contribution in [0.4, 0.5) is 0 Å². The Morgan fingerprint density at radius 2 is 1.04 bits per heavy atom. The molecule has 232 valence electrons. The molecule has 1 aliphatic rings. The summed E-state index contributed by atoms with van der Waals surface area (Å²) < 4.78 is 0. The van der Waals surface area contributed by atoms with E-state index in [9.17, 15) is 0 Å². The van der Waals surface area contributed by atoms with Crippen molar-refractivity contribution >= 4 is 61.5 Å². The van der Waals surface area contributed by atoms with Crippen LogP contribution < -0.4 is 16.4 Å². The molecule has 0 nitrogen and oxygen atoms in total. The molecule has 0 N–H and O–H groups in total. The maximum Gasteiger partial charge on any atom is 0.243 e. The smallest absolute Gasteiger partial charge is 0.0836 e. The highest BCUT2D eigenvalue weighted by atomic mass is 14.2. The molecule has 0 amide bonds. The third-order valence-electron chi connectivity index (χ3n) is 10.7. The summed E-state index contributed by atoms with van der Waals surface area (Å²) in [6.07, 6.45) is 6.94. The van der Waals surface area contributed by atoms with Crippen LogP contribution in [0.3, 0.4) is 0 Å². The van der Waals surface area contributed by atoms with Crippen LogP contribution in [0.25, 0.3) is 60.6 Å². The van der Waals surface area contributed by atoms with E-state index >= 15 is 0 Å². The Labute approximate surface area is 289 Å². The van der Waals surface area contributed by atoms with E-state index in [-0.39, 0.29) is 6.71 Å². The standard InChI is InChI=1S/C48H37B/c1-32-27-29-34-15-6-8-21-39(34)47(32)49(48-33(2)28-30-35-16-7-9-22-40(35)48)38-20-14-19-37(31-38)46-43-25-12-10-23-41(43)45(36-17-4-3-5-18-36)42-24-11-13-26-44(42)46/h3-6,8-15,17-31H,7,16H2,1-2H3. The fraction of sp³-hybridized carbons (Fsp3) is 0.0833. The molecule has 0 heterocycles. The van der Waals surface area contributed by atoms with Gasteiger partial charge in [0.1, 0.15) is 0 Å². The zero-order chi connectivity index (χ0) is 32.9. The predicted molar refractivity (Wildman–Crippen MR) is 214 cm³/mol. The first kappa shape index (κ1) is 29.5. The normalized spacial score (nSPS) is 12.4. The van der Waals surface area contributed by atoms with Crippen molar-refractivity contribution in [2.45, 2.75) is 26.7 Å². The lowest BCUT2D eigenvalue weighted by Gasteiger charge is -2.26. The molecule has 9 rings (SSSR count). The molecule has 0 bridgehead atoms. The summed E-state index contributed by atoms with van der Waals surface area (Å²) in [5, 5.41) is 7.76. The average Bonchev–Trinajstić information content (AvgIpc) is 3.16. The second kappa shape index (κ2) is 12.1. The van der Waals surface area contributed by atoms with Crippen molar-refractivity contribution < 1.29 is 0 Å². The van der Waals surface area contributed by atoms with Gasteiger partial charge in [0, 0.05) is 0 Å². The van der Waals surface area contributed by atoms with Crippen LogP contribution in [0.2, 0.25) is 0 Å². The lowest BCUT2D eigenvalue weighted by atomic mass is 9.34. The number of rotatable bonds is 5. The number of benzene rings is 8. The molecule has 0 aliphatic heterocycles. The van der Waals surface area contributed by atoms with E-state index in [1.165, 1.54) is 93.2 Å². The Kier molecular flexibility index (Phi) is 7.28. The van der Waals surface area contributed by atoms with E-state index in [2.05, 4.69) is 178 Å². The lowest BCUT2D eigenvalue weighted by molar-refractivity contribution is 0.987. The zero-order valence-corrected chi connectivity index (χ0v) is 28.1. The van der Waals surface area contributed by atoms with Gasteiger partial charge in [0.15, 0.2) is 0 Å². The lowest BCUT2D eigenvalue weighted by Crippen LogP contribution is -2.55. The fourth-order valence-electron chi connectivity index (χ4n) is 8.52. The van der Waals surface area contributed by atoms with Crippen molar-refractivity contribution in [3.63, 3.8) is 0 Å². The van der Waals surface area contributed by atoms with E-state index in [1.807, 2.05) is 0 Å². The molecule has 8 aromatic carbocycles. The van der Waals surface area contributed by atoms with Crippen LogP contribution in [0.1, 0.15) is 28.7 Å².